The standard InChI is InChI=1S/C11H15NO2/c1-8(2)7-14-11-6-12-5-4-10(11)9(3)13/h4-6,8H,7H2,1-3H3. The van der Waals surface area contributed by atoms with E-state index in [2.05, 4.69) is 18.8 Å². The summed E-state index contributed by atoms with van der Waals surface area (Å²) in [6.45, 7) is 6.25. The largest absolute Gasteiger partial charge is 0.491 e. The lowest BCUT2D eigenvalue weighted by Gasteiger charge is -2.10. The molecule has 0 aliphatic heterocycles. The Bertz CT molecular complexity index is 321. The minimum absolute atomic E-state index is 0.00570. The van der Waals surface area contributed by atoms with Gasteiger partial charge in [0.1, 0.15) is 5.75 Å². The summed E-state index contributed by atoms with van der Waals surface area (Å²) < 4.78 is 5.48. The first-order chi connectivity index (χ1) is 6.61. The van der Waals surface area contributed by atoms with Crippen LogP contribution < -0.4 is 4.74 Å². The Morgan fingerprint density at radius 3 is 2.86 bits per heavy atom. The molecule has 1 aromatic rings. The summed E-state index contributed by atoms with van der Waals surface area (Å²) in [5.74, 6) is 1.02. The molecular weight excluding hydrogens is 178 g/mol. The number of hydrogen-bond acceptors (Lipinski definition) is 3. The molecule has 0 radical (unpaired) electrons. The van der Waals surface area contributed by atoms with Gasteiger partial charge in [-0.2, -0.15) is 0 Å². The summed E-state index contributed by atoms with van der Waals surface area (Å²) in [6.07, 6.45) is 3.18. The summed E-state index contributed by atoms with van der Waals surface area (Å²) in [5.41, 5.74) is 0.598. The number of carbonyl (C=O) groups excluding carboxylic acids is 1. The molecule has 3 heteroatoms. The van der Waals surface area contributed by atoms with Crippen LogP contribution in [0.4, 0.5) is 0 Å². The highest BCUT2D eigenvalue weighted by atomic mass is 16.5. The highest BCUT2D eigenvalue weighted by Gasteiger charge is 2.08. The van der Waals surface area contributed by atoms with Crippen LogP contribution in [0.2, 0.25) is 0 Å². The second-order valence-corrected chi connectivity index (χ2v) is 3.63. The quantitative estimate of drug-likeness (QED) is 0.689. The molecule has 1 aromatic heterocycles. The van der Waals surface area contributed by atoms with E-state index in [-0.39, 0.29) is 5.78 Å². The molecule has 0 aliphatic rings. The minimum Gasteiger partial charge on any atom is -0.491 e. The average molecular weight is 193 g/mol. The minimum atomic E-state index is 0.00570. The predicted molar refractivity (Wildman–Crippen MR) is 54.6 cm³/mol. The Balaban J connectivity index is 2.79. The maximum atomic E-state index is 11.2. The van der Waals surface area contributed by atoms with Crippen molar-refractivity contribution in [3.05, 3.63) is 24.0 Å². The lowest BCUT2D eigenvalue weighted by molar-refractivity contribution is 0.101. The van der Waals surface area contributed by atoms with Crippen molar-refractivity contribution in [2.45, 2.75) is 20.8 Å². The van der Waals surface area contributed by atoms with E-state index in [9.17, 15) is 4.79 Å². The number of pyridine rings is 1. The average Bonchev–Trinajstić information content (AvgIpc) is 2.15. The molecular formula is C11H15NO2. The second-order valence-electron chi connectivity index (χ2n) is 3.63. The number of carbonyl (C=O) groups is 1. The molecule has 76 valence electrons. The highest BCUT2D eigenvalue weighted by molar-refractivity contribution is 5.96. The van der Waals surface area contributed by atoms with E-state index in [1.54, 1.807) is 18.5 Å². The van der Waals surface area contributed by atoms with Gasteiger partial charge in [-0.25, -0.2) is 0 Å². The molecule has 0 aliphatic carbocycles. The lowest BCUT2D eigenvalue weighted by atomic mass is 10.2. The Morgan fingerprint density at radius 1 is 1.57 bits per heavy atom. The number of Topliss-reactive ketones (excluding diaryl/α,β-unsaturated/α-hetero) is 1. The predicted octanol–water partition coefficient (Wildman–Crippen LogP) is 2.32. The van der Waals surface area contributed by atoms with Crippen LogP contribution in [0, 0.1) is 5.92 Å². The van der Waals surface area contributed by atoms with Crippen LogP contribution in [0.25, 0.3) is 0 Å². The van der Waals surface area contributed by atoms with Crippen LogP contribution in [0.5, 0.6) is 5.75 Å². The molecule has 0 aromatic carbocycles. The number of aromatic nitrogens is 1. The van der Waals surface area contributed by atoms with Crippen molar-refractivity contribution in [1.82, 2.24) is 4.98 Å². The maximum Gasteiger partial charge on any atom is 0.163 e. The summed E-state index contributed by atoms with van der Waals surface area (Å²) >= 11 is 0. The van der Waals surface area contributed by atoms with Crippen LogP contribution in [-0.2, 0) is 0 Å². The zero-order valence-electron chi connectivity index (χ0n) is 8.78. The van der Waals surface area contributed by atoms with Crippen molar-refractivity contribution in [1.29, 1.82) is 0 Å². The highest BCUT2D eigenvalue weighted by Crippen LogP contribution is 2.17. The molecule has 0 saturated carbocycles. The fraction of sp³-hybridized carbons (Fsp3) is 0.455. The third-order valence-electron chi connectivity index (χ3n) is 1.74. The first kappa shape index (κ1) is 10.7. The molecule has 0 bridgehead atoms. The van der Waals surface area contributed by atoms with Crippen LogP contribution in [0.15, 0.2) is 18.5 Å². The number of rotatable bonds is 4. The van der Waals surface area contributed by atoms with E-state index in [0.29, 0.717) is 23.8 Å². The number of ether oxygens (including phenoxy) is 1. The third kappa shape index (κ3) is 2.83. The molecule has 1 heterocycles. The Kier molecular flexibility index (Phi) is 3.63. The normalized spacial score (nSPS) is 10.3. The fourth-order valence-corrected chi connectivity index (χ4v) is 1.04. The summed E-state index contributed by atoms with van der Waals surface area (Å²) in [7, 11) is 0. The summed E-state index contributed by atoms with van der Waals surface area (Å²) in [4.78, 5) is 15.1. The smallest absolute Gasteiger partial charge is 0.163 e. The fourth-order valence-electron chi connectivity index (χ4n) is 1.04. The Labute approximate surface area is 84.1 Å². The van der Waals surface area contributed by atoms with Gasteiger partial charge in [0.05, 0.1) is 18.4 Å². The van der Waals surface area contributed by atoms with Crippen molar-refractivity contribution in [2.24, 2.45) is 5.92 Å². The SMILES string of the molecule is CC(=O)c1ccncc1OCC(C)C. The monoisotopic (exact) mass is 193 g/mol. The van der Waals surface area contributed by atoms with Crippen LogP contribution in [0.3, 0.4) is 0 Å². The van der Waals surface area contributed by atoms with E-state index in [1.807, 2.05) is 0 Å². The molecule has 0 fully saturated rings. The first-order valence-electron chi connectivity index (χ1n) is 4.69. The number of nitrogens with zero attached hydrogens (tertiary/aromatic N) is 1. The Hall–Kier alpha value is -1.38. The zero-order valence-corrected chi connectivity index (χ0v) is 8.78. The van der Waals surface area contributed by atoms with Gasteiger partial charge in [-0.05, 0) is 18.9 Å². The van der Waals surface area contributed by atoms with Gasteiger partial charge in [-0.15, -0.1) is 0 Å². The van der Waals surface area contributed by atoms with Gasteiger partial charge in [0.25, 0.3) is 0 Å². The topological polar surface area (TPSA) is 39.2 Å². The van der Waals surface area contributed by atoms with Crippen LogP contribution >= 0.6 is 0 Å². The van der Waals surface area contributed by atoms with Gasteiger partial charge in [0, 0.05) is 6.20 Å². The molecule has 0 N–H and O–H groups in total. The van der Waals surface area contributed by atoms with Crippen molar-refractivity contribution in [3.63, 3.8) is 0 Å². The molecule has 1 rings (SSSR count). The van der Waals surface area contributed by atoms with E-state index in [4.69, 9.17) is 4.74 Å². The number of hydrogen-bond donors (Lipinski definition) is 0. The first-order valence-corrected chi connectivity index (χ1v) is 4.69. The van der Waals surface area contributed by atoms with Crippen molar-refractivity contribution >= 4 is 5.78 Å². The number of ketones is 1. The van der Waals surface area contributed by atoms with Crippen molar-refractivity contribution in [2.75, 3.05) is 6.61 Å². The molecule has 0 amide bonds. The van der Waals surface area contributed by atoms with Gasteiger partial charge >= 0.3 is 0 Å². The lowest BCUT2D eigenvalue weighted by Crippen LogP contribution is -2.07. The summed E-state index contributed by atoms with van der Waals surface area (Å²) in [5, 5.41) is 0. The maximum absolute atomic E-state index is 11.2. The van der Waals surface area contributed by atoms with Crippen molar-refractivity contribution < 1.29 is 9.53 Å². The van der Waals surface area contributed by atoms with Gasteiger partial charge in [0.15, 0.2) is 5.78 Å². The van der Waals surface area contributed by atoms with Gasteiger partial charge in [0.2, 0.25) is 0 Å². The van der Waals surface area contributed by atoms with Gasteiger partial charge < -0.3 is 4.74 Å². The van der Waals surface area contributed by atoms with E-state index < -0.39 is 0 Å². The van der Waals surface area contributed by atoms with Gasteiger partial charge in [-0.3, -0.25) is 9.78 Å². The molecule has 0 saturated heterocycles. The van der Waals surface area contributed by atoms with Crippen LogP contribution in [-0.4, -0.2) is 17.4 Å². The third-order valence-corrected chi connectivity index (χ3v) is 1.74. The second kappa shape index (κ2) is 4.74. The zero-order chi connectivity index (χ0) is 10.6. The summed E-state index contributed by atoms with van der Waals surface area (Å²) in [6, 6.07) is 1.68. The van der Waals surface area contributed by atoms with Gasteiger partial charge in [-0.1, -0.05) is 13.8 Å². The van der Waals surface area contributed by atoms with E-state index >= 15 is 0 Å². The molecule has 0 spiro atoms. The van der Waals surface area contributed by atoms with E-state index in [0.717, 1.165) is 0 Å². The molecule has 14 heavy (non-hydrogen) atoms. The van der Waals surface area contributed by atoms with Crippen LogP contribution in [0.1, 0.15) is 31.1 Å². The molecule has 3 nitrogen and oxygen atoms in total. The van der Waals surface area contributed by atoms with Crippen molar-refractivity contribution in [3.8, 4) is 5.75 Å². The molecule has 0 atom stereocenters. The van der Waals surface area contributed by atoms with E-state index in [1.165, 1.54) is 6.92 Å². The molecule has 0 unspecified atom stereocenters. The Morgan fingerprint density at radius 2 is 2.29 bits per heavy atom.